The van der Waals surface area contributed by atoms with Gasteiger partial charge in [-0.25, -0.2) is 4.79 Å². The summed E-state index contributed by atoms with van der Waals surface area (Å²) in [7, 11) is 0. The van der Waals surface area contributed by atoms with E-state index in [2.05, 4.69) is 0 Å². The van der Waals surface area contributed by atoms with Crippen molar-refractivity contribution in [3.63, 3.8) is 0 Å². The number of benzene rings is 1. The Morgan fingerprint density at radius 3 is 2.27 bits per heavy atom. The van der Waals surface area contributed by atoms with E-state index in [0.29, 0.717) is 5.56 Å². The number of carbonyl (C=O) groups excluding carboxylic acids is 2. The Kier molecular flexibility index (Phi) is 1.97. The molecule has 0 amide bonds. The molecule has 1 aliphatic carbocycles. The van der Waals surface area contributed by atoms with Crippen LogP contribution in [0.1, 0.15) is 15.9 Å². The van der Waals surface area contributed by atoms with Crippen LogP contribution >= 0.6 is 0 Å². The predicted octanol–water partition coefficient (Wildman–Crippen LogP) is 0.920. The van der Waals surface area contributed by atoms with E-state index in [9.17, 15) is 14.4 Å². The van der Waals surface area contributed by atoms with Gasteiger partial charge in [0.05, 0.1) is 5.57 Å². The third-order valence-electron chi connectivity index (χ3n) is 2.19. The first-order valence-electron chi connectivity index (χ1n) is 4.24. The van der Waals surface area contributed by atoms with Gasteiger partial charge in [-0.05, 0) is 0 Å². The first-order chi connectivity index (χ1) is 7.11. The molecule has 1 aliphatic rings. The van der Waals surface area contributed by atoms with Crippen molar-refractivity contribution < 1.29 is 19.5 Å². The Morgan fingerprint density at radius 2 is 1.67 bits per heavy atom. The lowest BCUT2D eigenvalue weighted by Gasteiger charge is -2.12. The summed E-state index contributed by atoms with van der Waals surface area (Å²) >= 11 is 0. The summed E-state index contributed by atoms with van der Waals surface area (Å²) in [6, 6.07) is 6.18. The van der Waals surface area contributed by atoms with Gasteiger partial charge in [0.25, 0.3) is 0 Å². The van der Waals surface area contributed by atoms with Gasteiger partial charge < -0.3 is 5.11 Å². The third kappa shape index (κ3) is 1.36. The van der Waals surface area contributed by atoms with Crippen LogP contribution < -0.4 is 0 Å². The number of rotatable bonds is 1. The second kappa shape index (κ2) is 3.16. The Morgan fingerprint density at radius 1 is 1.07 bits per heavy atom. The van der Waals surface area contributed by atoms with E-state index in [4.69, 9.17) is 5.11 Å². The molecular weight excluding hydrogens is 196 g/mol. The molecule has 74 valence electrons. The zero-order valence-electron chi connectivity index (χ0n) is 7.56. The maximum absolute atomic E-state index is 11.4. The Bertz CT molecular complexity index is 511. The van der Waals surface area contributed by atoms with Crippen LogP contribution in [-0.2, 0) is 9.59 Å². The minimum absolute atomic E-state index is 0.129. The summed E-state index contributed by atoms with van der Waals surface area (Å²) in [4.78, 5) is 33.4. The first kappa shape index (κ1) is 9.33. The molecule has 0 bridgehead atoms. The van der Waals surface area contributed by atoms with Gasteiger partial charge in [-0.2, -0.15) is 0 Å². The molecule has 0 aliphatic heterocycles. The Balaban J connectivity index is 2.71. The highest BCUT2D eigenvalue weighted by Gasteiger charge is 2.28. The number of hydrogen-bond acceptors (Lipinski definition) is 3. The van der Waals surface area contributed by atoms with Crippen LogP contribution in [0.15, 0.2) is 30.3 Å². The van der Waals surface area contributed by atoms with Crippen LogP contribution in [0.25, 0.3) is 5.57 Å². The van der Waals surface area contributed by atoms with Crippen LogP contribution in [0.5, 0.6) is 0 Å². The lowest BCUT2D eigenvalue weighted by Crippen LogP contribution is -2.21. The van der Waals surface area contributed by atoms with E-state index < -0.39 is 17.5 Å². The summed E-state index contributed by atoms with van der Waals surface area (Å²) < 4.78 is 0. The van der Waals surface area contributed by atoms with Crippen molar-refractivity contribution in [2.24, 2.45) is 0 Å². The fourth-order valence-corrected chi connectivity index (χ4v) is 1.50. The van der Waals surface area contributed by atoms with E-state index in [0.717, 1.165) is 6.08 Å². The van der Waals surface area contributed by atoms with Crippen molar-refractivity contribution in [2.45, 2.75) is 0 Å². The highest BCUT2D eigenvalue weighted by molar-refractivity contribution is 6.52. The van der Waals surface area contributed by atoms with Gasteiger partial charge >= 0.3 is 5.97 Å². The zero-order valence-corrected chi connectivity index (χ0v) is 7.56. The van der Waals surface area contributed by atoms with E-state index >= 15 is 0 Å². The van der Waals surface area contributed by atoms with Crippen LogP contribution in [-0.4, -0.2) is 22.6 Å². The maximum atomic E-state index is 11.4. The number of fused-ring (bicyclic) bond motifs is 1. The lowest BCUT2D eigenvalue weighted by molar-refractivity contribution is -0.130. The molecular formula is C11H6O4. The van der Waals surface area contributed by atoms with Gasteiger partial charge in [-0.3, -0.25) is 9.59 Å². The number of Topliss-reactive ketones (excluding diaryl/α,β-unsaturated/α-hetero) is 1. The number of allylic oxidation sites excluding steroid dienone is 1. The molecule has 4 nitrogen and oxygen atoms in total. The van der Waals surface area contributed by atoms with Gasteiger partial charge in [0, 0.05) is 17.2 Å². The second-order valence-corrected chi connectivity index (χ2v) is 3.10. The highest BCUT2D eigenvalue weighted by Crippen LogP contribution is 2.24. The fraction of sp³-hybridized carbons (Fsp3) is 0. The number of aliphatic carboxylic acids is 1. The van der Waals surface area contributed by atoms with Gasteiger partial charge in [-0.1, -0.05) is 24.3 Å². The van der Waals surface area contributed by atoms with Gasteiger partial charge in [0.15, 0.2) is 0 Å². The summed E-state index contributed by atoms with van der Waals surface area (Å²) in [5.41, 5.74) is 0.326. The minimum atomic E-state index is -1.21. The Labute approximate surface area is 84.8 Å². The number of hydrogen-bond donors (Lipinski definition) is 1. The molecule has 0 fully saturated rings. The number of carboxylic acid groups (broad SMARTS) is 1. The average Bonchev–Trinajstić information content (AvgIpc) is 2.23. The van der Waals surface area contributed by atoms with Gasteiger partial charge in [0.1, 0.15) is 0 Å². The fourth-order valence-electron chi connectivity index (χ4n) is 1.50. The molecule has 0 atom stereocenters. The molecule has 0 heterocycles. The minimum Gasteiger partial charge on any atom is -0.478 e. The summed E-state index contributed by atoms with van der Waals surface area (Å²) in [6.07, 6.45) is 0.868. The molecule has 1 aromatic carbocycles. The SMILES string of the molecule is O=C(O)C1=CC(=O)C(=O)c2ccccc21. The zero-order chi connectivity index (χ0) is 11.0. The lowest BCUT2D eigenvalue weighted by atomic mass is 9.89. The summed E-state index contributed by atoms with van der Waals surface area (Å²) in [6.45, 7) is 0. The van der Waals surface area contributed by atoms with Crippen molar-refractivity contribution in [1.82, 2.24) is 0 Å². The summed E-state index contributed by atoms with van der Waals surface area (Å²) in [5, 5.41) is 8.86. The van der Waals surface area contributed by atoms with Crippen LogP contribution in [0.2, 0.25) is 0 Å². The van der Waals surface area contributed by atoms with E-state index in [-0.39, 0.29) is 11.1 Å². The molecule has 1 aromatic rings. The number of ketones is 2. The largest absolute Gasteiger partial charge is 0.478 e. The van der Waals surface area contributed by atoms with Crippen molar-refractivity contribution in [3.8, 4) is 0 Å². The molecule has 0 unspecified atom stereocenters. The molecule has 0 saturated heterocycles. The topological polar surface area (TPSA) is 71.4 Å². The molecule has 4 heteroatoms. The maximum Gasteiger partial charge on any atom is 0.336 e. The standard InChI is InChI=1S/C11H6O4/c12-9-5-8(11(14)15)6-3-1-2-4-7(6)10(9)13/h1-5H,(H,14,15). The molecule has 0 spiro atoms. The smallest absolute Gasteiger partial charge is 0.336 e. The molecule has 15 heavy (non-hydrogen) atoms. The molecule has 0 radical (unpaired) electrons. The second-order valence-electron chi connectivity index (χ2n) is 3.10. The third-order valence-corrected chi connectivity index (χ3v) is 2.19. The molecule has 1 N–H and O–H groups in total. The van der Waals surface area contributed by atoms with Crippen molar-refractivity contribution in [1.29, 1.82) is 0 Å². The average molecular weight is 202 g/mol. The quantitative estimate of drug-likeness (QED) is 0.687. The monoisotopic (exact) mass is 202 g/mol. The number of carboxylic acids is 1. The first-order valence-corrected chi connectivity index (χ1v) is 4.24. The number of carbonyl (C=O) groups is 3. The highest BCUT2D eigenvalue weighted by atomic mass is 16.4. The van der Waals surface area contributed by atoms with Crippen molar-refractivity contribution >= 4 is 23.1 Å². The van der Waals surface area contributed by atoms with Gasteiger partial charge in [-0.15, -0.1) is 0 Å². The van der Waals surface area contributed by atoms with Gasteiger partial charge in [0.2, 0.25) is 11.6 Å². The molecule has 2 rings (SSSR count). The summed E-state index contributed by atoms with van der Waals surface area (Å²) in [5.74, 6) is -2.65. The Hall–Kier alpha value is -2.23. The van der Waals surface area contributed by atoms with E-state index in [1.165, 1.54) is 12.1 Å². The van der Waals surface area contributed by atoms with Crippen molar-refractivity contribution in [2.75, 3.05) is 0 Å². The molecule has 0 aromatic heterocycles. The normalized spacial score (nSPS) is 14.5. The van der Waals surface area contributed by atoms with E-state index in [1.54, 1.807) is 12.1 Å². The molecule has 0 saturated carbocycles. The van der Waals surface area contributed by atoms with Crippen molar-refractivity contribution in [3.05, 3.63) is 41.5 Å². The van der Waals surface area contributed by atoms with Crippen LogP contribution in [0.3, 0.4) is 0 Å². The predicted molar refractivity (Wildman–Crippen MR) is 51.4 cm³/mol. The van der Waals surface area contributed by atoms with E-state index in [1.807, 2.05) is 0 Å². The van der Waals surface area contributed by atoms with Crippen LogP contribution in [0, 0.1) is 0 Å². The van der Waals surface area contributed by atoms with Crippen LogP contribution in [0.4, 0.5) is 0 Å².